The minimum Gasteiger partial charge on any atom is -0.422 e. The molecule has 5 aromatic rings. The van der Waals surface area contributed by atoms with Crippen molar-refractivity contribution < 1.29 is 4.42 Å². The van der Waals surface area contributed by atoms with E-state index in [9.17, 15) is 9.59 Å². The van der Waals surface area contributed by atoms with Gasteiger partial charge in [-0.1, -0.05) is 53.7 Å². The van der Waals surface area contributed by atoms with Gasteiger partial charge in [0, 0.05) is 22.2 Å². The molecular weight excluding hydrogens is 468 g/mol. The van der Waals surface area contributed by atoms with Crippen molar-refractivity contribution in [2.75, 3.05) is 0 Å². The number of para-hydroxylation sites is 1. The third-order valence-corrected chi connectivity index (χ3v) is 7.25. The summed E-state index contributed by atoms with van der Waals surface area (Å²) >= 11 is 7.59. The van der Waals surface area contributed by atoms with E-state index in [2.05, 4.69) is 0 Å². The maximum absolute atomic E-state index is 13.6. The molecule has 5 nitrogen and oxygen atoms in total. The van der Waals surface area contributed by atoms with E-state index in [4.69, 9.17) is 21.0 Å². The van der Waals surface area contributed by atoms with Crippen LogP contribution in [0, 0.1) is 20.8 Å². The van der Waals surface area contributed by atoms with Gasteiger partial charge in [0.05, 0.1) is 16.6 Å². The molecule has 3 aromatic carbocycles. The molecule has 0 fully saturated rings. The standard InChI is InChI=1S/C27H21ClN2O3S/c1-15-8-10-20-18(12-24(31)33-25(20)17(15)3)14-34-27-29-22-13-19(28)9-11-21(22)26(32)30(27)23-7-5-4-6-16(23)2/h4-13H,14H2,1-3H3. The quantitative estimate of drug-likeness (QED) is 0.167. The zero-order valence-corrected chi connectivity index (χ0v) is 20.5. The monoisotopic (exact) mass is 488 g/mol. The Balaban J connectivity index is 1.68. The second-order valence-electron chi connectivity index (χ2n) is 8.25. The van der Waals surface area contributed by atoms with Crippen molar-refractivity contribution in [3.05, 3.63) is 109 Å². The van der Waals surface area contributed by atoms with Crippen LogP contribution in [0.5, 0.6) is 0 Å². The molecule has 0 amide bonds. The predicted octanol–water partition coefficient (Wildman–Crippen LogP) is 6.36. The summed E-state index contributed by atoms with van der Waals surface area (Å²) in [6.45, 7) is 5.90. The summed E-state index contributed by atoms with van der Waals surface area (Å²) in [5.41, 5.74) is 5.12. The first-order valence-corrected chi connectivity index (χ1v) is 12.1. The van der Waals surface area contributed by atoms with E-state index >= 15 is 0 Å². The van der Waals surface area contributed by atoms with Gasteiger partial charge in [0.15, 0.2) is 5.16 Å². The molecule has 0 atom stereocenters. The SMILES string of the molecule is Cc1ccccc1-n1c(SCc2cc(=O)oc3c(C)c(C)ccc23)nc2cc(Cl)ccc2c1=O. The Morgan fingerprint density at radius 3 is 2.50 bits per heavy atom. The molecule has 2 heterocycles. The maximum atomic E-state index is 13.6. The molecule has 0 saturated carbocycles. The van der Waals surface area contributed by atoms with Crippen LogP contribution in [0.3, 0.4) is 0 Å². The number of thioether (sulfide) groups is 1. The van der Waals surface area contributed by atoms with Crippen molar-refractivity contribution in [1.82, 2.24) is 9.55 Å². The number of nitrogens with zero attached hydrogens (tertiary/aromatic N) is 2. The van der Waals surface area contributed by atoms with Crippen LogP contribution in [0.25, 0.3) is 27.6 Å². The van der Waals surface area contributed by atoms with Crippen molar-refractivity contribution >= 4 is 45.2 Å². The summed E-state index contributed by atoms with van der Waals surface area (Å²) in [7, 11) is 0. The molecular formula is C27H21ClN2O3S. The molecule has 2 aromatic heterocycles. The average Bonchev–Trinajstić information content (AvgIpc) is 2.81. The van der Waals surface area contributed by atoms with Crippen LogP contribution in [0.1, 0.15) is 22.3 Å². The third-order valence-electron chi connectivity index (χ3n) is 6.03. The molecule has 0 N–H and O–H groups in total. The van der Waals surface area contributed by atoms with E-state index in [1.165, 1.54) is 17.8 Å². The lowest BCUT2D eigenvalue weighted by molar-refractivity contribution is 0.557. The van der Waals surface area contributed by atoms with Gasteiger partial charge >= 0.3 is 5.63 Å². The van der Waals surface area contributed by atoms with Crippen LogP contribution < -0.4 is 11.2 Å². The fraction of sp³-hybridized carbons (Fsp3) is 0.148. The molecule has 170 valence electrons. The topological polar surface area (TPSA) is 65.1 Å². The molecule has 0 aliphatic carbocycles. The maximum Gasteiger partial charge on any atom is 0.336 e. The summed E-state index contributed by atoms with van der Waals surface area (Å²) in [5.74, 6) is 0.439. The number of benzene rings is 3. The zero-order chi connectivity index (χ0) is 24.0. The Kier molecular flexibility index (Phi) is 5.80. The summed E-state index contributed by atoms with van der Waals surface area (Å²) in [6.07, 6.45) is 0. The Morgan fingerprint density at radius 1 is 0.941 bits per heavy atom. The normalized spacial score (nSPS) is 11.4. The third kappa shape index (κ3) is 3.93. The van der Waals surface area contributed by atoms with Crippen molar-refractivity contribution in [3.8, 4) is 5.69 Å². The van der Waals surface area contributed by atoms with Gasteiger partial charge in [-0.3, -0.25) is 9.36 Å². The number of hydrogen-bond donors (Lipinski definition) is 0. The summed E-state index contributed by atoms with van der Waals surface area (Å²) < 4.78 is 7.15. The van der Waals surface area contributed by atoms with Gasteiger partial charge < -0.3 is 4.42 Å². The highest BCUT2D eigenvalue weighted by Gasteiger charge is 2.17. The molecule has 0 saturated heterocycles. The smallest absolute Gasteiger partial charge is 0.336 e. The number of rotatable bonds is 4. The summed E-state index contributed by atoms with van der Waals surface area (Å²) in [4.78, 5) is 30.7. The number of fused-ring (bicyclic) bond motifs is 2. The summed E-state index contributed by atoms with van der Waals surface area (Å²) in [5, 5.41) is 2.42. The fourth-order valence-corrected chi connectivity index (χ4v) is 5.21. The molecule has 7 heteroatoms. The molecule has 0 aliphatic rings. The van der Waals surface area contributed by atoms with Crippen LogP contribution in [0.15, 0.2) is 79.8 Å². The lowest BCUT2D eigenvalue weighted by atomic mass is 10.0. The first-order chi connectivity index (χ1) is 16.3. The fourth-order valence-electron chi connectivity index (χ4n) is 4.05. The predicted molar refractivity (Wildman–Crippen MR) is 139 cm³/mol. The van der Waals surface area contributed by atoms with Crippen LogP contribution >= 0.6 is 23.4 Å². The average molecular weight is 489 g/mol. The highest BCUT2D eigenvalue weighted by atomic mass is 35.5. The minimum absolute atomic E-state index is 0.164. The molecule has 5 rings (SSSR count). The van der Waals surface area contributed by atoms with Crippen molar-refractivity contribution in [1.29, 1.82) is 0 Å². The van der Waals surface area contributed by atoms with Gasteiger partial charge in [0.1, 0.15) is 5.58 Å². The van der Waals surface area contributed by atoms with Gasteiger partial charge in [-0.15, -0.1) is 0 Å². The Bertz CT molecular complexity index is 1710. The van der Waals surface area contributed by atoms with Crippen molar-refractivity contribution in [2.24, 2.45) is 0 Å². The van der Waals surface area contributed by atoms with Crippen LogP contribution in [0.4, 0.5) is 0 Å². The van der Waals surface area contributed by atoms with Crippen LogP contribution in [0.2, 0.25) is 5.02 Å². The van der Waals surface area contributed by atoms with E-state index in [-0.39, 0.29) is 5.56 Å². The van der Waals surface area contributed by atoms with Crippen LogP contribution in [-0.4, -0.2) is 9.55 Å². The van der Waals surface area contributed by atoms with Crippen LogP contribution in [-0.2, 0) is 5.75 Å². The van der Waals surface area contributed by atoms with E-state index in [0.29, 0.717) is 32.4 Å². The van der Waals surface area contributed by atoms with E-state index in [0.717, 1.165) is 33.3 Å². The lowest BCUT2D eigenvalue weighted by Gasteiger charge is -2.15. The molecule has 0 radical (unpaired) electrons. The van der Waals surface area contributed by atoms with E-state index in [1.807, 2.05) is 57.2 Å². The molecule has 0 spiro atoms. The first-order valence-electron chi connectivity index (χ1n) is 10.8. The number of hydrogen-bond acceptors (Lipinski definition) is 5. The second-order valence-corrected chi connectivity index (χ2v) is 9.63. The minimum atomic E-state index is -0.397. The first kappa shape index (κ1) is 22.4. The Morgan fingerprint density at radius 2 is 1.71 bits per heavy atom. The number of aromatic nitrogens is 2. The number of halogens is 1. The molecule has 34 heavy (non-hydrogen) atoms. The highest BCUT2D eigenvalue weighted by molar-refractivity contribution is 7.98. The molecule has 0 bridgehead atoms. The van der Waals surface area contributed by atoms with Gasteiger partial charge in [0.2, 0.25) is 0 Å². The zero-order valence-electron chi connectivity index (χ0n) is 18.9. The Labute approximate surface area is 205 Å². The largest absolute Gasteiger partial charge is 0.422 e. The Hall–Kier alpha value is -3.35. The highest BCUT2D eigenvalue weighted by Crippen LogP contribution is 2.30. The van der Waals surface area contributed by atoms with Gasteiger partial charge in [-0.05, 0) is 67.3 Å². The lowest BCUT2D eigenvalue weighted by Crippen LogP contribution is -2.22. The van der Waals surface area contributed by atoms with E-state index < -0.39 is 5.63 Å². The van der Waals surface area contributed by atoms with Gasteiger partial charge in [-0.25, -0.2) is 9.78 Å². The van der Waals surface area contributed by atoms with Gasteiger partial charge in [0.25, 0.3) is 5.56 Å². The number of aryl methyl sites for hydroxylation is 3. The summed E-state index contributed by atoms with van der Waals surface area (Å²) in [6, 6.07) is 18.3. The molecule has 0 unspecified atom stereocenters. The molecule has 0 aliphatic heterocycles. The van der Waals surface area contributed by atoms with Crippen molar-refractivity contribution in [2.45, 2.75) is 31.7 Å². The van der Waals surface area contributed by atoms with Crippen molar-refractivity contribution in [3.63, 3.8) is 0 Å². The van der Waals surface area contributed by atoms with Gasteiger partial charge in [-0.2, -0.15) is 0 Å². The van der Waals surface area contributed by atoms with E-state index in [1.54, 1.807) is 22.8 Å². The second kappa shape index (κ2) is 8.78.